The van der Waals surface area contributed by atoms with Crippen LogP contribution in [-0.4, -0.2) is 22.0 Å². The monoisotopic (exact) mass is 528 g/mol. The first-order valence-corrected chi connectivity index (χ1v) is 14.9. The Hall–Kier alpha value is -2.88. The van der Waals surface area contributed by atoms with E-state index in [1.54, 1.807) is 6.20 Å². The van der Waals surface area contributed by atoms with Crippen LogP contribution in [0.25, 0.3) is 0 Å². The third kappa shape index (κ3) is 9.37. The molecule has 1 atom stereocenters. The normalized spacial score (nSPS) is 16.3. The first-order valence-electron chi connectivity index (χ1n) is 14.9. The minimum Gasteiger partial charge on any atom is -0.404 e. The molecule has 0 amide bonds. The molecule has 0 bridgehead atoms. The van der Waals surface area contributed by atoms with Gasteiger partial charge in [0.2, 0.25) is 0 Å². The molecule has 2 N–H and O–H groups in total. The van der Waals surface area contributed by atoms with E-state index in [0.29, 0.717) is 11.8 Å². The molecule has 0 saturated heterocycles. The zero-order chi connectivity index (χ0) is 28.6. The van der Waals surface area contributed by atoms with Gasteiger partial charge in [-0.25, -0.2) is 0 Å². The van der Waals surface area contributed by atoms with E-state index in [-0.39, 0.29) is 5.41 Å². The van der Waals surface area contributed by atoms with Crippen LogP contribution in [0.5, 0.6) is 0 Å². The van der Waals surface area contributed by atoms with Gasteiger partial charge in [-0.05, 0) is 116 Å². The average molecular weight is 529 g/mol. The largest absolute Gasteiger partial charge is 0.404 e. The van der Waals surface area contributed by atoms with Crippen molar-refractivity contribution < 1.29 is 0 Å². The van der Waals surface area contributed by atoms with Crippen molar-refractivity contribution in [2.24, 2.45) is 23.7 Å². The van der Waals surface area contributed by atoms with Crippen LogP contribution < -0.4 is 5.73 Å². The fourth-order valence-electron chi connectivity index (χ4n) is 5.53. The number of aliphatic imine (C=N–C) groups is 1. The number of rotatable bonds is 11. The molecule has 2 heterocycles. The summed E-state index contributed by atoms with van der Waals surface area (Å²) < 4.78 is 2.08. The molecule has 1 aromatic heterocycles. The summed E-state index contributed by atoms with van der Waals surface area (Å²) in [4.78, 5) is 4.80. The summed E-state index contributed by atoms with van der Waals surface area (Å²) in [5, 5.41) is 4.98. The van der Waals surface area contributed by atoms with E-state index in [0.717, 1.165) is 57.9 Å². The van der Waals surface area contributed by atoms with Crippen molar-refractivity contribution in [2.45, 2.75) is 104 Å². The summed E-state index contributed by atoms with van der Waals surface area (Å²) >= 11 is 0. The van der Waals surface area contributed by atoms with E-state index in [1.165, 1.54) is 44.9 Å². The number of hydrogen-bond acceptors (Lipinski definition) is 3. The van der Waals surface area contributed by atoms with Gasteiger partial charge in [0.25, 0.3) is 0 Å². The first-order chi connectivity index (χ1) is 18.5. The quantitative estimate of drug-likeness (QED) is 0.299. The van der Waals surface area contributed by atoms with E-state index in [4.69, 9.17) is 15.8 Å². The Labute approximate surface area is 238 Å². The maximum absolute atomic E-state index is 5.75. The fourth-order valence-corrected chi connectivity index (χ4v) is 5.53. The van der Waals surface area contributed by atoms with Crippen LogP contribution in [0.2, 0.25) is 0 Å². The molecule has 2 aromatic rings. The number of nitrogens with zero attached hydrogens (tertiary/aromatic N) is 3. The highest BCUT2D eigenvalue weighted by molar-refractivity contribution is 5.95. The summed E-state index contributed by atoms with van der Waals surface area (Å²) in [6.07, 6.45) is 14.1. The smallest absolute Gasteiger partial charge is 0.0633 e. The van der Waals surface area contributed by atoms with Crippen LogP contribution in [0.15, 0.2) is 65.3 Å². The fraction of sp³-hybridized carbons (Fsp3) is 0.543. The van der Waals surface area contributed by atoms with Gasteiger partial charge in [-0.2, -0.15) is 5.10 Å². The SMILES string of the molecule is C=C(C)CC(Cc1cc(CCCC2=NCCC/C(=C\N)C=C2)n(C)n1)c1cc(C(C)(C)C)ccc1CC(C)C. The molecule has 1 aliphatic heterocycles. The van der Waals surface area contributed by atoms with Crippen LogP contribution in [0, 0.1) is 5.92 Å². The average Bonchev–Trinajstić information content (AvgIpc) is 3.18. The van der Waals surface area contributed by atoms with Gasteiger partial charge in [-0.15, -0.1) is 6.58 Å². The van der Waals surface area contributed by atoms with Crippen molar-refractivity contribution >= 4 is 5.71 Å². The maximum Gasteiger partial charge on any atom is 0.0633 e. The molecule has 39 heavy (non-hydrogen) atoms. The molecule has 4 nitrogen and oxygen atoms in total. The van der Waals surface area contributed by atoms with Gasteiger partial charge >= 0.3 is 0 Å². The molecule has 4 heteroatoms. The zero-order valence-electron chi connectivity index (χ0n) is 25.7. The number of aryl methyl sites for hydroxylation is 2. The molecule has 1 aliphatic rings. The van der Waals surface area contributed by atoms with Crippen molar-refractivity contribution in [1.82, 2.24) is 9.78 Å². The van der Waals surface area contributed by atoms with Gasteiger partial charge in [-0.3, -0.25) is 9.67 Å². The molecule has 1 aromatic carbocycles. The summed E-state index contributed by atoms with van der Waals surface area (Å²) in [5.41, 5.74) is 16.3. The highest BCUT2D eigenvalue weighted by Crippen LogP contribution is 2.34. The highest BCUT2D eigenvalue weighted by Gasteiger charge is 2.22. The van der Waals surface area contributed by atoms with Crippen molar-refractivity contribution in [1.29, 1.82) is 0 Å². The van der Waals surface area contributed by atoms with Gasteiger partial charge in [0, 0.05) is 25.0 Å². The topological polar surface area (TPSA) is 56.2 Å². The lowest BCUT2D eigenvalue weighted by Gasteiger charge is -2.26. The lowest BCUT2D eigenvalue weighted by atomic mass is 9.79. The van der Waals surface area contributed by atoms with Gasteiger partial charge in [-0.1, -0.05) is 64.5 Å². The van der Waals surface area contributed by atoms with Gasteiger partial charge < -0.3 is 5.73 Å². The standard InChI is InChI=1S/C35H52N4/c1-25(2)19-28-15-16-30(35(5,6)7)22-34(28)29(20-26(3)4)21-32-23-33(39(8)38-32)13-9-12-31-17-14-27(24-36)11-10-18-37-31/h14-17,22-25,29H,3,9-13,18-21,36H2,1-2,4-8H3/b17-14?,27-24+,37-31?. The second kappa shape index (κ2) is 14.0. The van der Waals surface area contributed by atoms with Crippen molar-refractivity contribution in [3.63, 3.8) is 0 Å². The van der Waals surface area contributed by atoms with Crippen molar-refractivity contribution in [2.75, 3.05) is 6.54 Å². The summed E-state index contributed by atoms with van der Waals surface area (Å²) in [6.45, 7) is 18.9. The summed E-state index contributed by atoms with van der Waals surface area (Å²) in [5.74, 6) is 0.992. The van der Waals surface area contributed by atoms with E-state index >= 15 is 0 Å². The predicted octanol–water partition coefficient (Wildman–Crippen LogP) is 8.16. The van der Waals surface area contributed by atoms with Gasteiger partial charge in [0.05, 0.1) is 5.69 Å². The third-order valence-corrected chi connectivity index (χ3v) is 7.67. The maximum atomic E-state index is 5.75. The molecule has 0 fully saturated rings. The number of hydrogen-bond donors (Lipinski definition) is 1. The summed E-state index contributed by atoms with van der Waals surface area (Å²) in [7, 11) is 2.09. The number of nitrogens with two attached hydrogens (primary N) is 1. The van der Waals surface area contributed by atoms with E-state index in [9.17, 15) is 0 Å². The van der Waals surface area contributed by atoms with Crippen LogP contribution >= 0.6 is 0 Å². The Morgan fingerprint density at radius 2 is 1.90 bits per heavy atom. The molecule has 0 spiro atoms. The molecule has 3 rings (SSSR count). The molecule has 1 unspecified atom stereocenters. The molecular formula is C35H52N4. The van der Waals surface area contributed by atoms with E-state index in [1.807, 2.05) is 0 Å². The van der Waals surface area contributed by atoms with E-state index in [2.05, 4.69) is 96.3 Å². The molecule has 0 radical (unpaired) electrons. The Morgan fingerprint density at radius 3 is 2.56 bits per heavy atom. The van der Waals surface area contributed by atoms with Gasteiger partial charge in [0.1, 0.15) is 0 Å². The Balaban J connectivity index is 1.78. The molecular weight excluding hydrogens is 476 g/mol. The zero-order valence-corrected chi connectivity index (χ0v) is 25.7. The van der Waals surface area contributed by atoms with Crippen LogP contribution in [0.1, 0.15) is 108 Å². The molecule has 0 saturated carbocycles. The second-order valence-electron chi connectivity index (χ2n) is 13.0. The third-order valence-electron chi connectivity index (χ3n) is 7.67. The lowest BCUT2D eigenvalue weighted by molar-refractivity contribution is 0.578. The second-order valence-corrected chi connectivity index (χ2v) is 13.0. The Morgan fingerprint density at radius 1 is 1.13 bits per heavy atom. The van der Waals surface area contributed by atoms with Crippen molar-refractivity contribution in [3.8, 4) is 0 Å². The van der Waals surface area contributed by atoms with Crippen molar-refractivity contribution in [3.05, 3.63) is 88.4 Å². The Kier molecular flexibility index (Phi) is 11.0. The van der Waals surface area contributed by atoms with E-state index < -0.39 is 0 Å². The minimum atomic E-state index is 0.120. The number of aromatic nitrogens is 2. The predicted molar refractivity (Wildman–Crippen MR) is 169 cm³/mol. The van der Waals surface area contributed by atoms with Crippen LogP contribution in [0.3, 0.4) is 0 Å². The number of allylic oxidation sites excluding steroid dienone is 4. The molecule has 0 aliphatic carbocycles. The molecule has 212 valence electrons. The first kappa shape index (κ1) is 30.7. The minimum absolute atomic E-state index is 0.120. The Bertz CT molecular complexity index is 1200. The number of benzene rings is 1. The van der Waals surface area contributed by atoms with Gasteiger partial charge in [0.15, 0.2) is 0 Å². The lowest BCUT2D eigenvalue weighted by Crippen LogP contribution is -2.15. The van der Waals surface area contributed by atoms with Crippen LogP contribution in [-0.2, 0) is 31.7 Å². The van der Waals surface area contributed by atoms with Crippen LogP contribution in [0.4, 0.5) is 0 Å². The summed E-state index contributed by atoms with van der Waals surface area (Å²) in [6, 6.07) is 9.51. The highest BCUT2D eigenvalue weighted by atomic mass is 15.3.